The lowest BCUT2D eigenvalue weighted by molar-refractivity contribution is -0.127. The molecule has 0 aromatic heterocycles. The molecule has 3 atom stereocenters. The average Bonchev–Trinajstić information content (AvgIpc) is 2.12. The Hall–Kier alpha value is 0.150. The van der Waals surface area contributed by atoms with E-state index < -0.39 is 0 Å². The van der Waals surface area contributed by atoms with E-state index in [0.29, 0.717) is 22.4 Å². The second-order valence-electron chi connectivity index (χ2n) is 4.08. The smallest absolute Gasteiger partial charge is 0.136 e. The average molecular weight is 231 g/mol. The van der Waals surface area contributed by atoms with Gasteiger partial charge in [0.2, 0.25) is 0 Å². The molecule has 2 aliphatic carbocycles. The van der Waals surface area contributed by atoms with E-state index in [-0.39, 0.29) is 0 Å². The molecule has 0 radical (unpaired) electrons. The van der Waals surface area contributed by atoms with E-state index in [9.17, 15) is 4.79 Å². The molecule has 3 unspecified atom stereocenters. The Morgan fingerprint density at radius 1 is 1.17 bits per heavy atom. The van der Waals surface area contributed by atoms with E-state index >= 15 is 0 Å². The molecule has 2 fully saturated rings. The number of fused-ring (bicyclic) bond motifs is 1. The number of carbonyl (C=O) groups is 1. The van der Waals surface area contributed by atoms with Gasteiger partial charge in [0, 0.05) is 17.2 Å². The van der Waals surface area contributed by atoms with Crippen LogP contribution in [0.3, 0.4) is 0 Å². The number of ketones is 1. The molecule has 0 bridgehead atoms. The van der Waals surface area contributed by atoms with Gasteiger partial charge in [0.05, 0.1) is 0 Å². The lowest BCUT2D eigenvalue weighted by Gasteiger charge is -2.37. The number of hydrogen-bond acceptors (Lipinski definition) is 1. The third kappa shape index (κ3) is 1.46. The highest BCUT2D eigenvalue weighted by atomic mass is 79.9. The molecule has 2 rings (SSSR count). The van der Waals surface area contributed by atoms with E-state index in [0.717, 1.165) is 19.3 Å². The molecular weight excluding hydrogens is 216 g/mol. The molecule has 0 aromatic carbocycles. The minimum Gasteiger partial charge on any atom is -0.299 e. The van der Waals surface area contributed by atoms with Crippen molar-refractivity contribution in [1.29, 1.82) is 0 Å². The number of rotatable bonds is 0. The first kappa shape index (κ1) is 8.74. The zero-order chi connectivity index (χ0) is 8.55. The van der Waals surface area contributed by atoms with Gasteiger partial charge in [-0.3, -0.25) is 4.79 Å². The molecule has 2 heteroatoms. The van der Waals surface area contributed by atoms with Crippen LogP contribution in [-0.2, 0) is 4.79 Å². The first-order valence-electron chi connectivity index (χ1n) is 4.96. The minimum absolute atomic E-state index is 0.414. The minimum atomic E-state index is 0.414. The highest BCUT2D eigenvalue weighted by molar-refractivity contribution is 9.09. The van der Waals surface area contributed by atoms with Crippen molar-refractivity contribution >= 4 is 21.7 Å². The van der Waals surface area contributed by atoms with Gasteiger partial charge < -0.3 is 0 Å². The van der Waals surface area contributed by atoms with Crippen LogP contribution in [0.4, 0.5) is 0 Å². The monoisotopic (exact) mass is 230 g/mol. The van der Waals surface area contributed by atoms with Gasteiger partial charge in [-0.2, -0.15) is 0 Å². The van der Waals surface area contributed by atoms with Crippen LogP contribution in [-0.4, -0.2) is 10.6 Å². The number of carbonyl (C=O) groups excluding carboxylic acids is 1. The van der Waals surface area contributed by atoms with E-state index in [1.165, 1.54) is 19.3 Å². The molecule has 1 nitrogen and oxygen atoms in total. The number of hydrogen-bond donors (Lipinski definition) is 0. The molecule has 0 heterocycles. The van der Waals surface area contributed by atoms with E-state index in [1.807, 2.05) is 0 Å². The van der Waals surface area contributed by atoms with Crippen molar-refractivity contribution in [2.75, 3.05) is 0 Å². The Bertz CT molecular complexity index is 190. The summed E-state index contributed by atoms with van der Waals surface area (Å²) >= 11 is 3.71. The lowest BCUT2D eigenvalue weighted by atomic mass is 9.70. The Balaban J connectivity index is 2.11. The number of halogens is 1. The van der Waals surface area contributed by atoms with Crippen LogP contribution in [0.25, 0.3) is 0 Å². The zero-order valence-electron chi connectivity index (χ0n) is 7.26. The van der Waals surface area contributed by atoms with Crippen molar-refractivity contribution in [2.24, 2.45) is 11.8 Å². The first-order chi connectivity index (χ1) is 5.79. The molecule has 2 aliphatic rings. The maximum Gasteiger partial charge on any atom is 0.136 e. The highest BCUT2D eigenvalue weighted by Gasteiger charge is 2.38. The second-order valence-corrected chi connectivity index (χ2v) is 5.25. The van der Waals surface area contributed by atoms with Crippen LogP contribution < -0.4 is 0 Å². The number of alkyl halides is 1. The van der Waals surface area contributed by atoms with E-state index in [1.54, 1.807) is 0 Å². The maximum absolute atomic E-state index is 11.6. The SMILES string of the molecule is O=C1CCC(Br)C2CCCCC12. The van der Waals surface area contributed by atoms with Crippen LogP contribution in [0.1, 0.15) is 38.5 Å². The summed E-state index contributed by atoms with van der Waals surface area (Å²) in [6.07, 6.45) is 6.91. The normalized spacial score (nSPS) is 42.4. The lowest BCUT2D eigenvalue weighted by Crippen LogP contribution is -2.37. The zero-order valence-corrected chi connectivity index (χ0v) is 8.85. The van der Waals surface area contributed by atoms with Crippen molar-refractivity contribution in [3.05, 3.63) is 0 Å². The third-order valence-corrected chi connectivity index (χ3v) is 4.50. The van der Waals surface area contributed by atoms with Crippen molar-refractivity contribution in [1.82, 2.24) is 0 Å². The topological polar surface area (TPSA) is 17.1 Å². The summed E-state index contributed by atoms with van der Waals surface area (Å²) in [6.45, 7) is 0. The maximum atomic E-state index is 11.6. The molecule has 0 aliphatic heterocycles. The van der Waals surface area contributed by atoms with Gasteiger partial charge in [0.1, 0.15) is 5.78 Å². The standard InChI is InChI=1S/C10H15BrO/c11-9-5-6-10(12)8-4-2-1-3-7(8)9/h7-9H,1-6H2. The van der Waals surface area contributed by atoms with Crippen LogP contribution in [0.5, 0.6) is 0 Å². The Morgan fingerprint density at radius 2 is 1.92 bits per heavy atom. The molecular formula is C10H15BrO. The predicted molar refractivity (Wildman–Crippen MR) is 52.4 cm³/mol. The van der Waals surface area contributed by atoms with Crippen LogP contribution in [0.15, 0.2) is 0 Å². The summed E-state index contributed by atoms with van der Waals surface area (Å²) in [5.74, 6) is 1.62. The molecule has 0 N–H and O–H groups in total. The van der Waals surface area contributed by atoms with Crippen LogP contribution >= 0.6 is 15.9 Å². The summed E-state index contributed by atoms with van der Waals surface area (Å²) in [5, 5.41) is 0. The molecule has 68 valence electrons. The molecule has 0 saturated heterocycles. The predicted octanol–water partition coefficient (Wildman–Crippen LogP) is 2.92. The van der Waals surface area contributed by atoms with Gasteiger partial charge in [0.15, 0.2) is 0 Å². The Morgan fingerprint density at radius 3 is 2.67 bits per heavy atom. The second kappa shape index (κ2) is 3.49. The van der Waals surface area contributed by atoms with Crippen LogP contribution in [0, 0.1) is 11.8 Å². The third-order valence-electron chi connectivity index (χ3n) is 3.36. The van der Waals surface area contributed by atoms with E-state index in [2.05, 4.69) is 15.9 Å². The Labute approximate surface area is 82.0 Å². The van der Waals surface area contributed by atoms with Gasteiger partial charge in [-0.15, -0.1) is 0 Å². The van der Waals surface area contributed by atoms with Crippen LogP contribution in [0.2, 0.25) is 0 Å². The molecule has 2 saturated carbocycles. The van der Waals surface area contributed by atoms with Crippen molar-refractivity contribution in [3.8, 4) is 0 Å². The Kier molecular flexibility index (Phi) is 2.54. The molecule has 0 amide bonds. The van der Waals surface area contributed by atoms with Crippen molar-refractivity contribution in [2.45, 2.75) is 43.4 Å². The fourth-order valence-electron chi connectivity index (χ4n) is 2.67. The van der Waals surface area contributed by atoms with Gasteiger partial charge in [0.25, 0.3) is 0 Å². The van der Waals surface area contributed by atoms with Gasteiger partial charge in [-0.1, -0.05) is 28.8 Å². The van der Waals surface area contributed by atoms with E-state index in [4.69, 9.17) is 0 Å². The summed E-state index contributed by atoms with van der Waals surface area (Å²) in [6, 6.07) is 0. The summed E-state index contributed by atoms with van der Waals surface area (Å²) < 4.78 is 0. The quantitative estimate of drug-likeness (QED) is 0.586. The number of Topliss-reactive ketones (excluding diaryl/α,β-unsaturated/α-hetero) is 1. The van der Waals surface area contributed by atoms with Gasteiger partial charge in [-0.05, 0) is 25.2 Å². The fraction of sp³-hybridized carbons (Fsp3) is 0.900. The highest BCUT2D eigenvalue weighted by Crippen LogP contribution is 2.41. The van der Waals surface area contributed by atoms with Gasteiger partial charge >= 0.3 is 0 Å². The molecule has 0 aromatic rings. The first-order valence-corrected chi connectivity index (χ1v) is 5.87. The summed E-state index contributed by atoms with van der Waals surface area (Å²) in [4.78, 5) is 12.2. The van der Waals surface area contributed by atoms with Gasteiger partial charge in [-0.25, -0.2) is 0 Å². The van der Waals surface area contributed by atoms with Crippen molar-refractivity contribution in [3.63, 3.8) is 0 Å². The summed E-state index contributed by atoms with van der Waals surface area (Å²) in [5.41, 5.74) is 0. The molecule has 0 spiro atoms. The van der Waals surface area contributed by atoms with Crippen molar-refractivity contribution < 1.29 is 4.79 Å². The molecule has 12 heavy (non-hydrogen) atoms. The summed E-state index contributed by atoms with van der Waals surface area (Å²) in [7, 11) is 0. The fourth-order valence-corrected chi connectivity index (χ4v) is 3.53. The largest absolute Gasteiger partial charge is 0.299 e.